The first kappa shape index (κ1) is 21.4. The summed E-state index contributed by atoms with van der Waals surface area (Å²) in [4.78, 5) is 30.3. The lowest BCUT2D eigenvalue weighted by Gasteiger charge is -2.40. The lowest BCUT2D eigenvalue weighted by Crippen LogP contribution is -2.58. The Morgan fingerprint density at radius 3 is 2.07 bits per heavy atom. The molecule has 0 bridgehead atoms. The number of piperazine rings is 1. The van der Waals surface area contributed by atoms with Gasteiger partial charge in [-0.15, -0.1) is 0 Å². The van der Waals surface area contributed by atoms with Crippen molar-refractivity contribution in [2.24, 2.45) is 5.92 Å². The van der Waals surface area contributed by atoms with Crippen LogP contribution in [0.15, 0.2) is 24.3 Å². The SMILES string of the molecule is CC(C)(C)c1ccc(C(=O)N2CCN(C(C(=O)NC3CC3)C3CCCC3)CC2)cc1. The number of carbonyl (C=O) groups excluding carboxylic acids is 2. The van der Waals surface area contributed by atoms with Gasteiger partial charge in [0.1, 0.15) is 0 Å². The number of rotatable bonds is 5. The summed E-state index contributed by atoms with van der Waals surface area (Å²) in [6, 6.07) is 8.44. The Hall–Kier alpha value is -1.88. The standard InChI is InChI=1S/C25H37N3O2/c1-25(2,3)20-10-8-19(9-11-20)24(30)28-16-14-27(15-17-28)22(18-6-4-5-7-18)23(29)26-21-12-13-21/h8-11,18,21-22H,4-7,12-17H2,1-3H3,(H,26,29). The molecule has 1 unspecified atom stereocenters. The monoisotopic (exact) mass is 411 g/mol. The first-order chi connectivity index (χ1) is 14.3. The molecule has 2 saturated carbocycles. The van der Waals surface area contributed by atoms with Crippen LogP contribution in [0.1, 0.15) is 75.2 Å². The van der Waals surface area contributed by atoms with Crippen LogP contribution in [0.4, 0.5) is 0 Å². The van der Waals surface area contributed by atoms with E-state index in [-0.39, 0.29) is 23.3 Å². The molecule has 1 saturated heterocycles. The molecule has 2 amide bonds. The summed E-state index contributed by atoms with van der Waals surface area (Å²) in [5.41, 5.74) is 2.09. The van der Waals surface area contributed by atoms with Crippen molar-refractivity contribution < 1.29 is 9.59 Å². The number of nitrogens with one attached hydrogen (secondary N) is 1. The van der Waals surface area contributed by atoms with Crippen LogP contribution in [0.2, 0.25) is 0 Å². The molecule has 4 rings (SSSR count). The van der Waals surface area contributed by atoms with Crippen LogP contribution in [0, 0.1) is 5.92 Å². The minimum atomic E-state index is -0.0172. The molecule has 0 spiro atoms. The number of nitrogens with zero attached hydrogens (tertiary/aromatic N) is 2. The molecule has 1 N–H and O–H groups in total. The zero-order valence-electron chi connectivity index (χ0n) is 18.8. The molecule has 5 nitrogen and oxygen atoms in total. The Kier molecular flexibility index (Phi) is 6.19. The van der Waals surface area contributed by atoms with E-state index in [0.29, 0.717) is 25.0 Å². The van der Waals surface area contributed by atoms with Crippen molar-refractivity contribution in [2.45, 2.75) is 76.8 Å². The maximum Gasteiger partial charge on any atom is 0.253 e. The fourth-order valence-electron chi connectivity index (χ4n) is 4.96. The summed E-state index contributed by atoms with van der Waals surface area (Å²) in [6.07, 6.45) is 7.03. The highest BCUT2D eigenvalue weighted by molar-refractivity contribution is 5.94. The molecule has 1 heterocycles. The zero-order chi connectivity index (χ0) is 21.3. The molecule has 3 aliphatic rings. The minimum Gasteiger partial charge on any atom is -0.352 e. The third-order valence-corrected chi connectivity index (χ3v) is 7.03. The van der Waals surface area contributed by atoms with Crippen molar-refractivity contribution in [3.05, 3.63) is 35.4 Å². The molecule has 30 heavy (non-hydrogen) atoms. The Bertz CT molecular complexity index is 750. The number of hydrogen-bond acceptors (Lipinski definition) is 3. The predicted octanol–water partition coefficient (Wildman–Crippen LogP) is 3.58. The van der Waals surface area contributed by atoms with Crippen LogP contribution in [0.3, 0.4) is 0 Å². The van der Waals surface area contributed by atoms with Crippen molar-refractivity contribution >= 4 is 11.8 Å². The third kappa shape index (κ3) is 4.88. The van der Waals surface area contributed by atoms with Crippen LogP contribution in [-0.4, -0.2) is 59.9 Å². The summed E-state index contributed by atoms with van der Waals surface area (Å²) in [6.45, 7) is 9.51. The highest BCUT2D eigenvalue weighted by atomic mass is 16.2. The van der Waals surface area contributed by atoms with Gasteiger partial charge in [-0.2, -0.15) is 0 Å². The van der Waals surface area contributed by atoms with Crippen molar-refractivity contribution in [3.8, 4) is 0 Å². The smallest absolute Gasteiger partial charge is 0.253 e. The second-order valence-corrected chi connectivity index (χ2v) is 10.4. The van der Waals surface area contributed by atoms with Crippen LogP contribution < -0.4 is 5.32 Å². The minimum absolute atomic E-state index is 0.0172. The van der Waals surface area contributed by atoms with Gasteiger partial charge in [0.15, 0.2) is 0 Å². The van der Waals surface area contributed by atoms with Gasteiger partial charge in [-0.3, -0.25) is 14.5 Å². The lowest BCUT2D eigenvalue weighted by atomic mass is 9.86. The van der Waals surface area contributed by atoms with E-state index < -0.39 is 0 Å². The van der Waals surface area contributed by atoms with Crippen LogP contribution in [-0.2, 0) is 10.2 Å². The van der Waals surface area contributed by atoms with E-state index in [1.165, 1.54) is 18.4 Å². The molecular formula is C25H37N3O2. The second-order valence-electron chi connectivity index (χ2n) is 10.4. The predicted molar refractivity (Wildman–Crippen MR) is 120 cm³/mol. The third-order valence-electron chi connectivity index (χ3n) is 7.03. The molecule has 2 aliphatic carbocycles. The normalized spacial score (nSPS) is 22.2. The molecule has 5 heteroatoms. The van der Waals surface area contributed by atoms with Crippen molar-refractivity contribution in [3.63, 3.8) is 0 Å². The Morgan fingerprint density at radius 1 is 0.933 bits per heavy atom. The van der Waals surface area contributed by atoms with E-state index in [1.807, 2.05) is 17.0 Å². The lowest BCUT2D eigenvalue weighted by molar-refractivity contribution is -0.129. The van der Waals surface area contributed by atoms with Crippen molar-refractivity contribution in [2.75, 3.05) is 26.2 Å². The highest BCUT2D eigenvalue weighted by Crippen LogP contribution is 2.32. The first-order valence-electron chi connectivity index (χ1n) is 11.8. The van der Waals surface area contributed by atoms with Gasteiger partial charge in [-0.1, -0.05) is 45.7 Å². The van der Waals surface area contributed by atoms with Gasteiger partial charge < -0.3 is 10.2 Å². The van der Waals surface area contributed by atoms with Crippen LogP contribution in [0.25, 0.3) is 0 Å². The van der Waals surface area contributed by atoms with E-state index in [4.69, 9.17) is 0 Å². The topological polar surface area (TPSA) is 52.7 Å². The van der Waals surface area contributed by atoms with Gasteiger partial charge in [-0.25, -0.2) is 0 Å². The Labute approximate surface area is 181 Å². The van der Waals surface area contributed by atoms with Gasteiger partial charge in [0.25, 0.3) is 5.91 Å². The molecule has 3 fully saturated rings. The van der Waals surface area contributed by atoms with E-state index >= 15 is 0 Å². The molecule has 1 aromatic rings. The van der Waals surface area contributed by atoms with E-state index in [0.717, 1.165) is 44.3 Å². The number of amides is 2. The summed E-state index contributed by atoms with van der Waals surface area (Å²) < 4.78 is 0. The average Bonchev–Trinajstić information content (AvgIpc) is 3.38. The van der Waals surface area contributed by atoms with Gasteiger partial charge in [0.05, 0.1) is 6.04 Å². The fourth-order valence-corrected chi connectivity index (χ4v) is 4.96. The molecule has 1 atom stereocenters. The number of benzene rings is 1. The number of hydrogen-bond donors (Lipinski definition) is 1. The molecule has 0 radical (unpaired) electrons. The second kappa shape index (κ2) is 8.70. The molecule has 1 aromatic carbocycles. The van der Waals surface area contributed by atoms with E-state index in [1.54, 1.807) is 0 Å². The molecule has 164 valence electrons. The van der Waals surface area contributed by atoms with Crippen LogP contribution >= 0.6 is 0 Å². The fraction of sp³-hybridized carbons (Fsp3) is 0.680. The van der Waals surface area contributed by atoms with E-state index in [9.17, 15) is 9.59 Å². The zero-order valence-corrected chi connectivity index (χ0v) is 18.8. The van der Waals surface area contributed by atoms with Crippen molar-refractivity contribution in [1.82, 2.24) is 15.1 Å². The maximum absolute atomic E-state index is 13.0. The maximum atomic E-state index is 13.0. The van der Waals surface area contributed by atoms with Crippen LogP contribution in [0.5, 0.6) is 0 Å². The van der Waals surface area contributed by atoms with E-state index in [2.05, 4.69) is 43.1 Å². The summed E-state index contributed by atoms with van der Waals surface area (Å²) in [7, 11) is 0. The van der Waals surface area contributed by atoms with Gasteiger partial charge in [0.2, 0.25) is 5.91 Å². The molecule has 1 aliphatic heterocycles. The summed E-state index contributed by atoms with van der Waals surface area (Å²) >= 11 is 0. The Morgan fingerprint density at radius 2 is 1.53 bits per heavy atom. The summed E-state index contributed by atoms with van der Waals surface area (Å²) in [5, 5.41) is 3.24. The summed E-state index contributed by atoms with van der Waals surface area (Å²) in [5.74, 6) is 0.799. The quantitative estimate of drug-likeness (QED) is 0.806. The van der Waals surface area contributed by atoms with Gasteiger partial charge in [-0.05, 0) is 54.7 Å². The largest absolute Gasteiger partial charge is 0.352 e. The van der Waals surface area contributed by atoms with Crippen molar-refractivity contribution in [1.29, 1.82) is 0 Å². The first-order valence-corrected chi connectivity index (χ1v) is 11.8. The molecular weight excluding hydrogens is 374 g/mol. The average molecular weight is 412 g/mol. The molecule has 0 aromatic heterocycles. The highest BCUT2D eigenvalue weighted by Gasteiger charge is 2.39. The van der Waals surface area contributed by atoms with Gasteiger partial charge in [0, 0.05) is 37.8 Å². The van der Waals surface area contributed by atoms with Gasteiger partial charge >= 0.3 is 0 Å². The Balaban J connectivity index is 1.37. The number of carbonyl (C=O) groups is 2.